The quantitative estimate of drug-likeness (QED) is 0.269. The van der Waals surface area contributed by atoms with Crippen molar-refractivity contribution in [1.29, 1.82) is 0 Å². The molecule has 2 aromatic carbocycles. The first-order valence-electron chi connectivity index (χ1n) is 8.33. The summed E-state index contributed by atoms with van der Waals surface area (Å²) in [5.74, 6) is 1.29. The Morgan fingerprint density at radius 1 is 1.25 bits per heavy atom. The first-order chi connectivity index (χ1) is 13.5. The van der Waals surface area contributed by atoms with Crippen molar-refractivity contribution in [1.82, 2.24) is 14.8 Å². The van der Waals surface area contributed by atoms with Gasteiger partial charge < -0.3 is 4.74 Å². The molecule has 0 aliphatic heterocycles. The summed E-state index contributed by atoms with van der Waals surface area (Å²) in [5, 5.41) is 10.1. The number of benzene rings is 2. The van der Waals surface area contributed by atoms with Crippen molar-refractivity contribution in [3.05, 3.63) is 70.7 Å². The monoisotopic (exact) mass is 433 g/mol. The summed E-state index contributed by atoms with van der Waals surface area (Å²) in [6.07, 6.45) is 1.74. The van der Waals surface area contributed by atoms with E-state index in [2.05, 4.69) is 16.8 Å². The minimum atomic E-state index is -0.0540. The Kier molecular flexibility index (Phi) is 6.78. The molecular weight excluding hydrogens is 417 g/mol. The zero-order valence-electron chi connectivity index (χ0n) is 15.1. The van der Waals surface area contributed by atoms with E-state index in [-0.39, 0.29) is 11.5 Å². The molecule has 0 spiro atoms. The lowest BCUT2D eigenvalue weighted by atomic mass is 10.1. The summed E-state index contributed by atoms with van der Waals surface area (Å²) < 4.78 is 7.13. The van der Waals surface area contributed by atoms with E-state index < -0.39 is 0 Å². The van der Waals surface area contributed by atoms with Crippen LogP contribution in [0.25, 0.3) is 11.4 Å². The smallest absolute Gasteiger partial charge is 0.192 e. The van der Waals surface area contributed by atoms with Gasteiger partial charge in [0.15, 0.2) is 16.8 Å². The van der Waals surface area contributed by atoms with Crippen molar-refractivity contribution in [2.45, 2.75) is 11.7 Å². The number of ether oxygens (including phenoxy) is 1. The summed E-state index contributed by atoms with van der Waals surface area (Å²) in [7, 11) is 1.54. The van der Waals surface area contributed by atoms with Crippen molar-refractivity contribution in [3.63, 3.8) is 0 Å². The normalized spacial score (nSPS) is 10.7. The van der Waals surface area contributed by atoms with E-state index in [0.29, 0.717) is 44.4 Å². The van der Waals surface area contributed by atoms with Gasteiger partial charge in [0.05, 0.1) is 23.4 Å². The van der Waals surface area contributed by atoms with E-state index in [1.54, 1.807) is 49.6 Å². The Morgan fingerprint density at radius 3 is 2.75 bits per heavy atom. The number of para-hydroxylation sites is 1. The van der Waals surface area contributed by atoms with Gasteiger partial charge in [-0.25, -0.2) is 0 Å². The molecule has 0 amide bonds. The van der Waals surface area contributed by atoms with Crippen LogP contribution in [0.2, 0.25) is 10.0 Å². The Balaban J connectivity index is 1.86. The van der Waals surface area contributed by atoms with Crippen LogP contribution in [0.1, 0.15) is 10.4 Å². The highest BCUT2D eigenvalue weighted by Crippen LogP contribution is 2.32. The number of halogens is 2. The maximum atomic E-state index is 12.6. The number of hydrogen-bond donors (Lipinski definition) is 0. The summed E-state index contributed by atoms with van der Waals surface area (Å²) in [6, 6.07) is 12.3. The molecule has 0 N–H and O–H groups in total. The maximum absolute atomic E-state index is 12.6. The fraction of sp³-hybridized carbons (Fsp3) is 0.150. The molecule has 0 aliphatic rings. The van der Waals surface area contributed by atoms with Gasteiger partial charge >= 0.3 is 0 Å². The Hall–Kier alpha value is -2.28. The van der Waals surface area contributed by atoms with Crippen LogP contribution in [0.15, 0.2) is 60.3 Å². The lowest BCUT2D eigenvalue weighted by Crippen LogP contribution is -2.07. The number of allylic oxidation sites excluding steroid dienone is 1. The number of thioether (sulfide) groups is 1. The van der Waals surface area contributed by atoms with E-state index in [1.807, 2.05) is 10.6 Å². The predicted molar refractivity (Wildman–Crippen MR) is 114 cm³/mol. The molecule has 0 radical (unpaired) electrons. The summed E-state index contributed by atoms with van der Waals surface area (Å²) in [5.41, 5.74) is 1.25. The zero-order valence-corrected chi connectivity index (χ0v) is 17.4. The number of ketones is 1. The van der Waals surface area contributed by atoms with Crippen molar-refractivity contribution < 1.29 is 9.53 Å². The number of methoxy groups -OCH3 is 1. The summed E-state index contributed by atoms with van der Waals surface area (Å²) in [4.78, 5) is 12.6. The fourth-order valence-corrected chi connectivity index (χ4v) is 3.97. The molecule has 0 fully saturated rings. The number of carbonyl (C=O) groups is 1. The van der Waals surface area contributed by atoms with Crippen molar-refractivity contribution >= 4 is 40.7 Å². The lowest BCUT2D eigenvalue weighted by molar-refractivity contribution is 0.101. The van der Waals surface area contributed by atoms with Crippen LogP contribution in [-0.4, -0.2) is 33.4 Å². The number of rotatable bonds is 8. The minimum Gasteiger partial charge on any atom is -0.496 e. The van der Waals surface area contributed by atoms with E-state index in [4.69, 9.17) is 27.9 Å². The molecule has 0 aliphatic carbocycles. The number of nitrogens with zero attached hydrogens (tertiary/aromatic N) is 3. The molecule has 0 bridgehead atoms. The van der Waals surface area contributed by atoms with E-state index in [9.17, 15) is 4.79 Å². The second-order valence-corrected chi connectivity index (χ2v) is 7.53. The largest absolute Gasteiger partial charge is 0.496 e. The first-order valence-corrected chi connectivity index (χ1v) is 10.1. The van der Waals surface area contributed by atoms with Gasteiger partial charge in [-0.15, -0.1) is 16.8 Å². The average Bonchev–Trinajstić information content (AvgIpc) is 3.09. The highest BCUT2D eigenvalue weighted by Gasteiger charge is 2.18. The maximum Gasteiger partial charge on any atom is 0.192 e. The highest BCUT2D eigenvalue weighted by atomic mass is 35.5. The molecule has 3 rings (SSSR count). The number of hydrogen-bond acceptors (Lipinski definition) is 5. The topological polar surface area (TPSA) is 57.0 Å². The van der Waals surface area contributed by atoms with Gasteiger partial charge in [0.25, 0.3) is 0 Å². The molecule has 1 aromatic heterocycles. The first kappa shape index (κ1) is 20.5. The van der Waals surface area contributed by atoms with Crippen LogP contribution in [0, 0.1) is 0 Å². The third kappa shape index (κ3) is 4.41. The Bertz CT molecular complexity index is 1020. The molecule has 0 saturated heterocycles. The van der Waals surface area contributed by atoms with Gasteiger partial charge in [0.1, 0.15) is 5.75 Å². The van der Waals surface area contributed by atoms with Gasteiger partial charge in [0.2, 0.25) is 0 Å². The SMILES string of the molecule is C=CCn1c(SCC(=O)c2ccccc2OC)nnc1-c1ccc(Cl)cc1Cl. The van der Waals surface area contributed by atoms with Crippen molar-refractivity contribution in [3.8, 4) is 17.1 Å². The standard InChI is InChI=1S/C20H17Cl2N3O2S/c1-3-10-25-19(14-9-8-13(21)11-16(14)22)23-24-20(25)28-12-17(26)15-6-4-5-7-18(15)27-2/h3-9,11H,1,10,12H2,2H3. The molecule has 0 unspecified atom stereocenters. The second-order valence-electron chi connectivity index (χ2n) is 5.74. The van der Waals surface area contributed by atoms with E-state index in [1.165, 1.54) is 11.8 Å². The fourth-order valence-electron chi connectivity index (χ4n) is 2.64. The van der Waals surface area contributed by atoms with Crippen LogP contribution >= 0.6 is 35.0 Å². The molecule has 0 atom stereocenters. The molecular formula is C20H17Cl2N3O2S. The van der Waals surface area contributed by atoms with Crippen molar-refractivity contribution in [2.24, 2.45) is 0 Å². The van der Waals surface area contributed by atoms with Crippen LogP contribution < -0.4 is 4.74 Å². The van der Waals surface area contributed by atoms with Gasteiger partial charge in [-0.1, -0.05) is 53.2 Å². The number of carbonyl (C=O) groups excluding carboxylic acids is 1. The van der Waals surface area contributed by atoms with Crippen LogP contribution in [0.3, 0.4) is 0 Å². The number of aromatic nitrogens is 3. The van der Waals surface area contributed by atoms with Gasteiger partial charge in [-0.2, -0.15) is 0 Å². The third-order valence-corrected chi connectivity index (χ3v) is 5.45. The summed E-state index contributed by atoms with van der Waals surface area (Å²) in [6.45, 7) is 4.27. The Labute approximate surface area is 177 Å². The van der Waals surface area contributed by atoms with Crippen LogP contribution in [0.5, 0.6) is 5.75 Å². The molecule has 1 heterocycles. The van der Waals surface area contributed by atoms with Gasteiger partial charge in [-0.05, 0) is 30.3 Å². The van der Waals surface area contributed by atoms with Gasteiger partial charge in [-0.3, -0.25) is 9.36 Å². The third-order valence-electron chi connectivity index (χ3n) is 3.94. The molecule has 0 saturated carbocycles. The second kappa shape index (κ2) is 9.28. The predicted octanol–water partition coefficient (Wildman–Crippen LogP) is 5.42. The van der Waals surface area contributed by atoms with E-state index in [0.717, 1.165) is 0 Å². The Morgan fingerprint density at radius 2 is 2.04 bits per heavy atom. The molecule has 144 valence electrons. The molecule has 28 heavy (non-hydrogen) atoms. The molecule has 5 nitrogen and oxygen atoms in total. The molecule has 8 heteroatoms. The van der Waals surface area contributed by atoms with Crippen LogP contribution in [-0.2, 0) is 6.54 Å². The number of Topliss-reactive ketones (excluding diaryl/α,β-unsaturated/α-hetero) is 1. The highest BCUT2D eigenvalue weighted by molar-refractivity contribution is 7.99. The molecule has 3 aromatic rings. The average molecular weight is 434 g/mol. The zero-order chi connectivity index (χ0) is 20.1. The minimum absolute atomic E-state index is 0.0540. The van der Waals surface area contributed by atoms with E-state index >= 15 is 0 Å². The van der Waals surface area contributed by atoms with Gasteiger partial charge in [0, 0.05) is 17.1 Å². The van der Waals surface area contributed by atoms with Crippen LogP contribution in [0.4, 0.5) is 0 Å². The summed E-state index contributed by atoms with van der Waals surface area (Å²) >= 11 is 13.6. The lowest BCUT2D eigenvalue weighted by Gasteiger charge is -2.10. The van der Waals surface area contributed by atoms with Crippen molar-refractivity contribution in [2.75, 3.05) is 12.9 Å².